The van der Waals surface area contributed by atoms with Crippen molar-refractivity contribution in [3.63, 3.8) is 0 Å². The van der Waals surface area contributed by atoms with E-state index in [-0.39, 0.29) is 0 Å². The van der Waals surface area contributed by atoms with Crippen LogP contribution in [-0.2, 0) is 14.3 Å². The molecule has 86 valence electrons. The molecule has 0 aromatic heterocycles. The summed E-state index contributed by atoms with van der Waals surface area (Å²) in [5, 5.41) is 8.82. The van der Waals surface area contributed by atoms with Gasteiger partial charge in [-0.1, -0.05) is 18.2 Å². The highest BCUT2D eigenvalue weighted by Crippen LogP contribution is 2.02. The van der Waals surface area contributed by atoms with Crippen molar-refractivity contribution < 1.29 is 19.4 Å². The number of allylic oxidation sites excluding steroid dienone is 3. The highest BCUT2D eigenvalue weighted by atomic mass is 16.5. The molecular formula is C11H18O4. The van der Waals surface area contributed by atoms with E-state index < -0.39 is 5.97 Å². The molecule has 0 saturated carbocycles. The molecule has 0 aromatic carbocycles. The number of hydrogen-bond acceptors (Lipinski definition) is 3. The predicted molar refractivity (Wildman–Crippen MR) is 57.8 cm³/mol. The van der Waals surface area contributed by atoms with E-state index in [1.54, 1.807) is 25.3 Å². The van der Waals surface area contributed by atoms with E-state index in [1.165, 1.54) is 0 Å². The molecule has 0 radical (unpaired) electrons. The quantitative estimate of drug-likeness (QED) is 0.379. The number of carboxylic acids is 1. The molecule has 0 amide bonds. The number of methoxy groups -OCH3 is 1. The second-order valence-corrected chi connectivity index (χ2v) is 2.88. The highest BCUT2D eigenvalue weighted by Gasteiger charge is 2.05. The fourth-order valence-electron chi connectivity index (χ4n) is 0.900. The van der Waals surface area contributed by atoms with Gasteiger partial charge in [0.2, 0.25) is 0 Å². The van der Waals surface area contributed by atoms with Gasteiger partial charge >= 0.3 is 5.97 Å². The van der Waals surface area contributed by atoms with Gasteiger partial charge in [-0.2, -0.15) is 0 Å². The highest BCUT2D eigenvalue weighted by molar-refractivity contribution is 5.86. The van der Waals surface area contributed by atoms with Crippen LogP contribution in [0.4, 0.5) is 0 Å². The second kappa shape index (κ2) is 9.43. The van der Waals surface area contributed by atoms with Crippen LogP contribution in [0.15, 0.2) is 23.8 Å². The van der Waals surface area contributed by atoms with Crippen molar-refractivity contribution in [1.82, 2.24) is 0 Å². The minimum atomic E-state index is -0.900. The predicted octanol–water partition coefficient (Wildman–Crippen LogP) is 1.63. The second-order valence-electron chi connectivity index (χ2n) is 2.88. The molecule has 0 aliphatic carbocycles. The van der Waals surface area contributed by atoms with Gasteiger partial charge in [-0.25, -0.2) is 4.79 Å². The number of carbonyl (C=O) groups is 1. The Hall–Kier alpha value is -1.13. The van der Waals surface area contributed by atoms with Crippen LogP contribution >= 0.6 is 0 Å². The van der Waals surface area contributed by atoms with Crippen molar-refractivity contribution in [3.05, 3.63) is 23.8 Å². The molecule has 0 bridgehead atoms. The van der Waals surface area contributed by atoms with Gasteiger partial charge in [-0.15, -0.1) is 0 Å². The Morgan fingerprint density at radius 2 is 2.07 bits per heavy atom. The number of aliphatic carboxylic acids is 1. The molecule has 0 atom stereocenters. The maximum absolute atomic E-state index is 10.7. The first-order valence-electron chi connectivity index (χ1n) is 4.84. The van der Waals surface area contributed by atoms with Gasteiger partial charge in [0.15, 0.2) is 0 Å². The lowest BCUT2D eigenvalue weighted by Crippen LogP contribution is -2.07. The third kappa shape index (κ3) is 7.90. The average Bonchev–Trinajstić information content (AvgIpc) is 2.21. The van der Waals surface area contributed by atoms with Gasteiger partial charge in [-0.3, -0.25) is 0 Å². The summed E-state index contributed by atoms with van der Waals surface area (Å²) >= 11 is 0. The first kappa shape index (κ1) is 13.9. The van der Waals surface area contributed by atoms with Crippen LogP contribution in [0.1, 0.15) is 13.3 Å². The van der Waals surface area contributed by atoms with Crippen LogP contribution in [-0.4, -0.2) is 38.0 Å². The van der Waals surface area contributed by atoms with Gasteiger partial charge in [-0.05, 0) is 6.92 Å². The Morgan fingerprint density at radius 3 is 2.60 bits per heavy atom. The van der Waals surface area contributed by atoms with Gasteiger partial charge in [0.05, 0.1) is 19.8 Å². The van der Waals surface area contributed by atoms with Gasteiger partial charge in [0, 0.05) is 19.1 Å². The van der Waals surface area contributed by atoms with E-state index in [1.807, 2.05) is 6.92 Å². The van der Waals surface area contributed by atoms with E-state index in [9.17, 15) is 4.79 Å². The van der Waals surface area contributed by atoms with Crippen LogP contribution < -0.4 is 0 Å². The SMILES string of the molecule is CC=CC=C(CCOCCOC)C(=O)O. The Labute approximate surface area is 90.2 Å². The largest absolute Gasteiger partial charge is 0.478 e. The van der Waals surface area contributed by atoms with Crippen molar-refractivity contribution in [2.24, 2.45) is 0 Å². The van der Waals surface area contributed by atoms with E-state index in [2.05, 4.69) is 0 Å². The van der Waals surface area contributed by atoms with Gasteiger partial charge in [0.25, 0.3) is 0 Å². The zero-order valence-corrected chi connectivity index (χ0v) is 9.23. The summed E-state index contributed by atoms with van der Waals surface area (Å²) in [6.45, 7) is 3.26. The molecule has 0 aliphatic heterocycles. The van der Waals surface area contributed by atoms with Crippen LogP contribution in [0.5, 0.6) is 0 Å². The summed E-state index contributed by atoms with van der Waals surface area (Å²) in [7, 11) is 1.60. The maximum Gasteiger partial charge on any atom is 0.331 e. The van der Waals surface area contributed by atoms with Crippen molar-refractivity contribution in [3.8, 4) is 0 Å². The molecular weight excluding hydrogens is 196 g/mol. The summed E-state index contributed by atoms with van der Waals surface area (Å²) in [5.41, 5.74) is 0.352. The minimum absolute atomic E-state index is 0.352. The number of hydrogen-bond donors (Lipinski definition) is 1. The van der Waals surface area contributed by atoms with Crippen LogP contribution in [0.25, 0.3) is 0 Å². The molecule has 0 rings (SSSR count). The van der Waals surface area contributed by atoms with Crippen molar-refractivity contribution >= 4 is 5.97 Å². The Balaban J connectivity index is 3.82. The maximum atomic E-state index is 10.7. The normalized spacial score (nSPS) is 12.3. The van der Waals surface area contributed by atoms with Crippen molar-refractivity contribution in [2.45, 2.75) is 13.3 Å². The number of rotatable bonds is 8. The molecule has 4 heteroatoms. The van der Waals surface area contributed by atoms with Gasteiger partial charge < -0.3 is 14.6 Å². The molecule has 0 aliphatic rings. The van der Waals surface area contributed by atoms with E-state index in [0.29, 0.717) is 31.8 Å². The summed E-state index contributed by atoms with van der Waals surface area (Å²) in [6.07, 6.45) is 5.48. The topological polar surface area (TPSA) is 55.8 Å². The molecule has 0 aromatic rings. The fourth-order valence-corrected chi connectivity index (χ4v) is 0.900. The minimum Gasteiger partial charge on any atom is -0.478 e. The van der Waals surface area contributed by atoms with Crippen LogP contribution in [0.2, 0.25) is 0 Å². The Bertz CT molecular complexity index is 231. The molecule has 0 saturated heterocycles. The lowest BCUT2D eigenvalue weighted by molar-refractivity contribution is -0.132. The molecule has 0 unspecified atom stereocenters. The van der Waals surface area contributed by atoms with Crippen molar-refractivity contribution in [2.75, 3.05) is 26.9 Å². The number of ether oxygens (including phenoxy) is 2. The van der Waals surface area contributed by atoms with E-state index in [0.717, 1.165) is 0 Å². The Morgan fingerprint density at radius 1 is 1.33 bits per heavy atom. The lowest BCUT2D eigenvalue weighted by Gasteiger charge is -2.03. The summed E-state index contributed by atoms with van der Waals surface area (Å²) in [6, 6.07) is 0. The first-order valence-corrected chi connectivity index (χ1v) is 4.84. The molecule has 1 N–H and O–H groups in total. The average molecular weight is 214 g/mol. The third-order valence-corrected chi connectivity index (χ3v) is 1.71. The molecule has 0 fully saturated rings. The summed E-state index contributed by atoms with van der Waals surface area (Å²) in [4.78, 5) is 10.7. The van der Waals surface area contributed by atoms with Gasteiger partial charge in [0.1, 0.15) is 0 Å². The standard InChI is InChI=1S/C11H18O4/c1-3-4-5-10(11(12)13)6-7-15-9-8-14-2/h3-5H,6-9H2,1-2H3,(H,12,13). The zero-order chi connectivity index (χ0) is 11.5. The molecule has 0 heterocycles. The fraction of sp³-hybridized carbons (Fsp3) is 0.545. The Kier molecular flexibility index (Phi) is 8.72. The van der Waals surface area contributed by atoms with Crippen molar-refractivity contribution in [1.29, 1.82) is 0 Å². The first-order chi connectivity index (χ1) is 7.22. The molecule has 0 spiro atoms. The van der Waals surface area contributed by atoms with Crippen LogP contribution in [0, 0.1) is 0 Å². The lowest BCUT2D eigenvalue weighted by atomic mass is 10.2. The van der Waals surface area contributed by atoms with E-state index >= 15 is 0 Å². The summed E-state index contributed by atoms with van der Waals surface area (Å²) < 4.78 is 9.98. The third-order valence-electron chi connectivity index (χ3n) is 1.71. The number of carboxylic acid groups (broad SMARTS) is 1. The zero-order valence-electron chi connectivity index (χ0n) is 9.23. The smallest absolute Gasteiger partial charge is 0.331 e. The molecule has 4 nitrogen and oxygen atoms in total. The molecule has 15 heavy (non-hydrogen) atoms. The van der Waals surface area contributed by atoms with E-state index in [4.69, 9.17) is 14.6 Å². The monoisotopic (exact) mass is 214 g/mol. The summed E-state index contributed by atoms with van der Waals surface area (Å²) in [5.74, 6) is -0.900. The van der Waals surface area contributed by atoms with Crippen LogP contribution in [0.3, 0.4) is 0 Å².